The first-order chi connectivity index (χ1) is 8.75. The van der Waals surface area contributed by atoms with Crippen LogP contribution in [0.15, 0.2) is 18.5 Å². The highest BCUT2D eigenvalue weighted by Crippen LogP contribution is 2.23. The predicted octanol–water partition coefficient (Wildman–Crippen LogP) is 0.584. The van der Waals surface area contributed by atoms with Crippen molar-refractivity contribution in [2.75, 3.05) is 31.9 Å². The van der Waals surface area contributed by atoms with Gasteiger partial charge in [-0.1, -0.05) is 0 Å². The van der Waals surface area contributed by atoms with Crippen molar-refractivity contribution in [1.82, 2.24) is 14.8 Å². The van der Waals surface area contributed by atoms with Gasteiger partial charge in [0.1, 0.15) is 0 Å². The van der Waals surface area contributed by atoms with E-state index < -0.39 is 0 Å². The Bertz CT molecular complexity index is 462. The Balaban J connectivity index is 1.75. The molecule has 3 heterocycles. The smallest absolute Gasteiger partial charge is 0.256 e. The highest BCUT2D eigenvalue weighted by atomic mass is 16.2. The molecule has 3 rings (SSSR count). The highest BCUT2D eigenvalue weighted by Gasteiger charge is 2.33. The maximum absolute atomic E-state index is 12.4. The lowest BCUT2D eigenvalue weighted by atomic mass is 10.1. The lowest BCUT2D eigenvalue weighted by molar-refractivity contribution is 0.0572. The first kappa shape index (κ1) is 11.5. The lowest BCUT2D eigenvalue weighted by Crippen LogP contribution is -2.52. The maximum atomic E-state index is 12.4. The molecule has 0 radical (unpaired) electrons. The van der Waals surface area contributed by atoms with Crippen molar-refractivity contribution in [2.45, 2.75) is 18.9 Å². The van der Waals surface area contributed by atoms with Gasteiger partial charge in [-0.25, -0.2) is 0 Å². The van der Waals surface area contributed by atoms with Gasteiger partial charge in [0, 0.05) is 31.9 Å². The second-order valence-corrected chi connectivity index (χ2v) is 5.05. The van der Waals surface area contributed by atoms with E-state index in [0.29, 0.717) is 17.3 Å². The third-order valence-corrected chi connectivity index (χ3v) is 3.96. The molecule has 1 amide bonds. The number of carbonyl (C=O) groups excluding carboxylic acids is 1. The number of hydrogen-bond donors (Lipinski definition) is 1. The van der Waals surface area contributed by atoms with Crippen LogP contribution in [-0.2, 0) is 0 Å². The third-order valence-electron chi connectivity index (χ3n) is 3.96. The van der Waals surface area contributed by atoms with E-state index in [4.69, 9.17) is 5.73 Å². The topological polar surface area (TPSA) is 62.5 Å². The van der Waals surface area contributed by atoms with E-state index in [1.807, 2.05) is 4.90 Å². The largest absolute Gasteiger partial charge is 0.397 e. The molecule has 2 aliphatic rings. The first-order valence-electron chi connectivity index (χ1n) is 6.48. The molecule has 1 aromatic rings. The Hall–Kier alpha value is -1.62. The molecule has 5 nitrogen and oxygen atoms in total. The molecule has 0 bridgehead atoms. The quantitative estimate of drug-likeness (QED) is 0.787. The molecule has 2 fully saturated rings. The van der Waals surface area contributed by atoms with E-state index in [2.05, 4.69) is 9.88 Å². The van der Waals surface area contributed by atoms with E-state index in [1.54, 1.807) is 18.5 Å². The van der Waals surface area contributed by atoms with Crippen LogP contribution < -0.4 is 5.73 Å². The van der Waals surface area contributed by atoms with Crippen molar-refractivity contribution in [3.63, 3.8) is 0 Å². The molecule has 1 unspecified atom stereocenters. The fourth-order valence-electron chi connectivity index (χ4n) is 2.95. The van der Waals surface area contributed by atoms with Crippen LogP contribution in [0, 0.1) is 0 Å². The minimum Gasteiger partial charge on any atom is -0.397 e. The van der Waals surface area contributed by atoms with Crippen LogP contribution in [0.1, 0.15) is 23.2 Å². The summed E-state index contributed by atoms with van der Waals surface area (Å²) >= 11 is 0. The number of rotatable bonds is 1. The lowest BCUT2D eigenvalue weighted by Gasteiger charge is -2.37. The van der Waals surface area contributed by atoms with Gasteiger partial charge in [0.15, 0.2) is 0 Å². The second kappa shape index (κ2) is 4.57. The molecular formula is C13H18N4O. The summed E-state index contributed by atoms with van der Waals surface area (Å²) in [5.74, 6) is 0.0430. The highest BCUT2D eigenvalue weighted by molar-refractivity contribution is 5.98. The van der Waals surface area contributed by atoms with Crippen molar-refractivity contribution in [1.29, 1.82) is 0 Å². The number of pyridine rings is 1. The number of piperazine rings is 1. The zero-order valence-corrected chi connectivity index (χ0v) is 10.4. The molecule has 0 spiro atoms. The van der Waals surface area contributed by atoms with Crippen LogP contribution in [0.5, 0.6) is 0 Å². The monoisotopic (exact) mass is 246 g/mol. The van der Waals surface area contributed by atoms with Gasteiger partial charge in [0.05, 0.1) is 17.4 Å². The number of anilines is 1. The Morgan fingerprint density at radius 2 is 2.28 bits per heavy atom. The van der Waals surface area contributed by atoms with E-state index in [1.165, 1.54) is 19.4 Å². The Morgan fingerprint density at radius 1 is 1.39 bits per heavy atom. The normalized spacial score (nSPS) is 24.0. The van der Waals surface area contributed by atoms with Gasteiger partial charge in [-0.2, -0.15) is 0 Å². The Labute approximate surface area is 107 Å². The average Bonchev–Trinajstić information content (AvgIpc) is 2.85. The van der Waals surface area contributed by atoms with Crippen LogP contribution in [0.2, 0.25) is 0 Å². The van der Waals surface area contributed by atoms with Crippen LogP contribution in [0.4, 0.5) is 5.69 Å². The van der Waals surface area contributed by atoms with Gasteiger partial charge in [-0.05, 0) is 25.5 Å². The van der Waals surface area contributed by atoms with E-state index >= 15 is 0 Å². The van der Waals surface area contributed by atoms with E-state index in [0.717, 1.165) is 19.6 Å². The Kier molecular flexibility index (Phi) is 2.91. The molecule has 2 saturated heterocycles. The summed E-state index contributed by atoms with van der Waals surface area (Å²) < 4.78 is 0. The molecule has 96 valence electrons. The zero-order valence-electron chi connectivity index (χ0n) is 10.4. The van der Waals surface area contributed by atoms with Gasteiger partial charge < -0.3 is 10.6 Å². The van der Waals surface area contributed by atoms with E-state index in [-0.39, 0.29) is 5.91 Å². The summed E-state index contributed by atoms with van der Waals surface area (Å²) in [6.45, 7) is 3.81. The minimum absolute atomic E-state index is 0.0430. The van der Waals surface area contributed by atoms with Gasteiger partial charge in [-0.3, -0.25) is 14.7 Å². The van der Waals surface area contributed by atoms with Gasteiger partial charge in [0.2, 0.25) is 0 Å². The van der Waals surface area contributed by atoms with Crippen LogP contribution in [-0.4, -0.2) is 52.9 Å². The summed E-state index contributed by atoms with van der Waals surface area (Å²) in [5.41, 5.74) is 6.86. The predicted molar refractivity (Wildman–Crippen MR) is 69.1 cm³/mol. The molecule has 5 heteroatoms. The van der Waals surface area contributed by atoms with Crippen LogP contribution in [0.3, 0.4) is 0 Å². The molecule has 18 heavy (non-hydrogen) atoms. The number of amides is 1. The summed E-state index contributed by atoms with van der Waals surface area (Å²) in [7, 11) is 0. The SMILES string of the molecule is Nc1cnccc1C(=O)N1CCN2CCCC2C1. The molecule has 0 aromatic carbocycles. The summed E-state index contributed by atoms with van der Waals surface area (Å²) in [5, 5.41) is 0. The molecule has 0 saturated carbocycles. The van der Waals surface area contributed by atoms with E-state index in [9.17, 15) is 4.79 Å². The molecule has 2 aliphatic heterocycles. The summed E-state index contributed by atoms with van der Waals surface area (Å²) in [6.07, 6.45) is 5.62. The number of aromatic nitrogens is 1. The summed E-state index contributed by atoms with van der Waals surface area (Å²) in [4.78, 5) is 20.7. The first-order valence-corrected chi connectivity index (χ1v) is 6.48. The van der Waals surface area contributed by atoms with Gasteiger partial charge >= 0.3 is 0 Å². The molecule has 2 N–H and O–H groups in total. The number of carbonyl (C=O) groups is 1. The molecule has 1 aromatic heterocycles. The molecular weight excluding hydrogens is 228 g/mol. The average molecular weight is 246 g/mol. The number of nitrogens with zero attached hydrogens (tertiary/aromatic N) is 3. The van der Waals surface area contributed by atoms with Gasteiger partial charge in [-0.15, -0.1) is 0 Å². The number of fused-ring (bicyclic) bond motifs is 1. The number of nitrogen functional groups attached to an aromatic ring is 1. The second-order valence-electron chi connectivity index (χ2n) is 5.05. The fraction of sp³-hybridized carbons (Fsp3) is 0.538. The van der Waals surface area contributed by atoms with Crippen molar-refractivity contribution in [3.05, 3.63) is 24.0 Å². The van der Waals surface area contributed by atoms with Crippen molar-refractivity contribution in [2.24, 2.45) is 0 Å². The minimum atomic E-state index is 0.0430. The van der Waals surface area contributed by atoms with Crippen molar-refractivity contribution in [3.8, 4) is 0 Å². The molecule has 1 atom stereocenters. The maximum Gasteiger partial charge on any atom is 0.256 e. The van der Waals surface area contributed by atoms with Crippen molar-refractivity contribution < 1.29 is 4.79 Å². The number of nitrogens with two attached hydrogens (primary N) is 1. The fourth-order valence-corrected chi connectivity index (χ4v) is 2.95. The van der Waals surface area contributed by atoms with Crippen LogP contribution in [0.25, 0.3) is 0 Å². The third kappa shape index (κ3) is 1.95. The molecule has 0 aliphatic carbocycles. The number of hydrogen-bond acceptors (Lipinski definition) is 4. The zero-order chi connectivity index (χ0) is 12.5. The Morgan fingerprint density at radius 3 is 3.11 bits per heavy atom. The standard InChI is InChI=1S/C13H18N4O/c14-12-8-15-4-3-11(12)13(18)17-7-6-16-5-1-2-10(16)9-17/h3-4,8,10H,1-2,5-7,9,14H2. The van der Waals surface area contributed by atoms with Gasteiger partial charge in [0.25, 0.3) is 5.91 Å². The van der Waals surface area contributed by atoms with Crippen molar-refractivity contribution >= 4 is 11.6 Å². The van der Waals surface area contributed by atoms with Crippen LogP contribution >= 0.6 is 0 Å². The summed E-state index contributed by atoms with van der Waals surface area (Å²) in [6, 6.07) is 2.25.